The number of anilines is 2. The molecule has 1 aliphatic carbocycles. The largest absolute Gasteiger partial charge is 0.382 e. The Morgan fingerprint density at radius 3 is 2.71 bits per heavy atom. The lowest BCUT2D eigenvalue weighted by Crippen LogP contribution is -2.43. The van der Waals surface area contributed by atoms with Gasteiger partial charge in [0.2, 0.25) is 0 Å². The predicted molar refractivity (Wildman–Crippen MR) is 85.9 cm³/mol. The molecule has 1 saturated carbocycles. The summed E-state index contributed by atoms with van der Waals surface area (Å²) in [6.45, 7) is 5.82. The molecule has 1 amide bonds. The normalized spacial score (nSPS) is 21.5. The van der Waals surface area contributed by atoms with Crippen LogP contribution in [0.1, 0.15) is 42.3 Å². The van der Waals surface area contributed by atoms with Gasteiger partial charge in [-0.1, -0.05) is 24.2 Å². The maximum atomic E-state index is 12.5. The molecule has 1 saturated heterocycles. The van der Waals surface area contributed by atoms with E-state index in [9.17, 15) is 4.79 Å². The molecule has 21 heavy (non-hydrogen) atoms. The van der Waals surface area contributed by atoms with E-state index in [1.807, 2.05) is 0 Å². The van der Waals surface area contributed by atoms with E-state index in [2.05, 4.69) is 27.4 Å². The van der Waals surface area contributed by atoms with Crippen LogP contribution in [0.4, 0.5) is 10.9 Å². The molecule has 1 aliphatic heterocycles. The molecular formula is C14H23N5OS. The Labute approximate surface area is 129 Å². The van der Waals surface area contributed by atoms with Crippen molar-refractivity contribution in [2.24, 2.45) is 0 Å². The number of nitrogens with zero attached hydrogens (tertiary/aromatic N) is 2. The summed E-state index contributed by atoms with van der Waals surface area (Å²) in [5.74, 6) is 0.281. The van der Waals surface area contributed by atoms with Crippen molar-refractivity contribution < 1.29 is 4.79 Å². The summed E-state index contributed by atoms with van der Waals surface area (Å²) < 4.78 is 0. The topological polar surface area (TPSA) is 83.3 Å². The summed E-state index contributed by atoms with van der Waals surface area (Å²) in [4.78, 5) is 19.6. The molecule has 4 N–H and O–H groups in total. The quantitative estimate of drug-likeness (QED) is 0.781. The van der Waals surface area contributed by atoms with Gasteiger partial charge in [0.15, 0.2) is 5.13 Å². The fraction of sp³-hybridized carbons (Fsp3) is 0.714. The summed E-state index contributed by atoms with van der Waals surface area (Å²) in [6.07, 6.45) is 4.45. The Kier molecular flexibility index (Phi) is 4.03. The summed E-state index contributed by atoms with van der Waals surface area (Å²) in [7, 11) is 0. The van der Waals surface area contributed by atoms with Gasteiger partial charge in [0.05, 0.1) is 0 Å². The summed E-state index contributed by atoms with van der Waals surface area (Å²) in [5, 5.41) is 7.31. The molecule has 2 fully saturated rings. The second kappa shape index (κ2) is 5.81. The first-order chi connectivity index (χ1) is 10.1. The van der Waals surface area contributed by atoms with Crippen LogP contribution in [0.25, 0.3) is 0 Å². The van der Waals surface area contributed by atoms with Crippen molar-refractivity contribution in [2.45, 2.75) is 38.1 Å². The molecule has 1 aromatic rings. The SMILES string of the molecule is CC1(NC(=O)c2sc(N3CCNCC3)nc2N)CCCC1. The second-order valence-electron chi connectivity index (χ2n) is 6.17. The number of nitrogens with two attached hydrogens (primary N) is 1. The smallest absolute Gasteiger partial charge is 0.265 e. The van der Waals surface area contributed by atoms with Gasteiger partial charge >= 0.3 is 0 Å². The molecule has 6 nitrogen and oxygen atoms in total. The second-order valence-corrected chi connectivity index (χ2v) is 7.15. The van der Waals surface area contributed by atoms with Crippen LogP contribution >= 0.6 is 11.3 Å². The number of nitrogens with one attached hydrogen (secondary N) is 2. The number of carbonyl (C=O) groups is 1. The van der Waals surface area contributed by atoms with Gasteiger partial charge in [-0.05, 0) is 19.8 Å². The van der Waals surface area contributed by atoms with E-state index in [0.717, 1.165) is 44.2 Å². The summed E-state index contributed by atoms with van der Waals surface area (Å²) in [5.41, 5.74) is 5.88. The minimum Gasteiger partial charge on any atom is -0.382 e. The Morgan fingerprint density at radius 2 is 2.05 bits per heavy atom. The number of aromatic nitrogens is 1. The molecule has 0 unspecified atom stereocenters. The van der Waals surface area contributed by atoms with Crippen LogP contribution in [0.15, 0.2) is 0 Å². The lowest BCUT2D eigenvalue weighted by Gasteiger charge is -2.26. The number of nitrogen functional groups attached to an aromatic ring is 1. The van der Waals surface area contributed by atoms with Crippen molar-refractivity contribution in [1.29, 1.82) is 0 Å². The molecule has 1 aromatic heterocycles. The molecule has 7 heteroatoms. The molecule has 0 atom stereocenters. The molecule has 2 heterocycles. The van der Waals surface area contributed by atoms with Crippen molar-refractivity contribution in [1.82, 2.24) is 15.6 Å². The fourth-order valence-corrected chi connectivity index (χ4v) is 4.02. The highest BCUT2D eigenvalue weighted by atomic mass is 32.1. The maximum absolute atomic E-state index is 12.5. The molecular weight excluding hydrogens is 286 g/mol. The van der Waals surface area contributed by atoms with Gasteiger partial charge in [0, 0.05) is 31.7 Å². The maximum Gasteiger partial charge on any atom is 0.265 e. The minimum absolute atomic E-state index is 0.0733. The highest BCUT2D eigenvalue weighted by Crippen LogP contribution is 2.32. The van der Waals surface area contributed by atoms with Crippen molar-refractivity contribution in [3.63, 3.8) is 0 Å². The van der Waals surface area contributed by atoms with Gasteiger partial charge in [-0.25, -0.2) is 4.98 Å². The molecule has 0 bridgehead atoms. The number of carbonyl (C=O) groups excluding carboxylic acids is 1. The zero-order chi connectivity index (χ0) is 14.9. The van der Waals surface area contributed by atoms with Crippen LogP contribution in [0, 0.1) is 0 Å². The van der Waals surface area contributed by atoms with Gasteiger partial charge in [0.25, 0.3) is 5.91 Å². The van der Waals surface area contributed by atoms with Gasteiger partial charge in [-0.2, -0.15) is 0 Å². The number of piperazine rings is 1. The van der Waals surface area contributed by atoms with Gasteiger partial charge < -0.3 is 21.3 Å². The van der Waals surface area contributed by atoms with Crippen LogP contribution in [0.2, 0.25) is 0 Å². The number of hydrogen-bond acceptors (Lipinski definition) is 6. The van der Waals surface area contributed by atoms with Crippen LogP contribution in [-0.2, 0) is 0 Å². The first kappa shape index (κ1) is 14.6. The lowest BCUT2D eigenvalue weighted by atomic mass is 10.0. The van der Waals surface area contributed by atoms with Crippen molar-refractivity contribution in [3.8, 4) is 0 Å². The predicted octanol–water partition coefficient (Wildman–Crippen LogP) is 1.20. The zero-order valence-corrected chi connectivity index (χ0v) is 13.3. The Morgan fingerprint density at radius 1 is 1.38 bits per heavy atom. The number of thiazole rings is 1. The van der Waals surface area contributed by atoms with E-state index < -0.39 is 0 Å². The van der Waals surface area contributed by atoms with Crippen LogP contribution < -0.4 is 21.3 Å². The highest BCUT2D eigenvalue weighted by molar-refractivity contribution is 7.18. The average molecular weight is 309 g/mol. The number of rotatable bonds is 3. The van der Waals surface area contributed by atoms with Crippen LogP contribution in [-0.4, -0.2) is 42.6 Å². The summed E-state index contributed by atoms with van der Waals surface area (Å²) >= 11 is 1.41. The van der Waals surface area contributed by atoms with Gasteiger partial charge in [-0.15, -0.1) is 0 Å². The Balaban J connectivity index is 1.72. The van der Waals surface area contributed by atoms with Crippen LogP contribution in [0.3, 0.4) is 0 Å². The monoisotopic (exact) mass is 309 g/mol. The third kappa shape index (κ3) is 3.13. The third-order valence-electron chi connectivity index (χ3n) is 4.36. The van der Waals surface area contributed by atoms with E-state index in [1.165, 1.54) is 24.2 Å². The highest BCUT2D eigenvalue weighted by Gasteiger charge is 2.32. The third-order valence-corrected chi connectivity index (χ3v) is 5.49. The number of amides is 1. The standard InChI is InChI=1S/C14H23N5OS/c1-14(4-2-3-5-14)18-12(20)10-11(15)17-13(21-10)19-8-6-16-7-9-19/h16H,2-9,15H2,1H3,(H,18,20). The molecule has 0 radical (unpaired) electrons. The van der Waals surface area contributed by atoms with E-state index in [1.54, 1.807) is 0 Å². The van der Waals surface area contributed by atoms with Crippen molar-refractivity contribution >= 4 is 28.2 Å². The lowest BCUT2D eigenvalue weighted by molar-refractivity contribution is 0.0913. The average Bonchev–Trinajstić information content (AvgIpc) is 3.06. The Bertz CT molecular complexity index is 517. The van der Waals surface area contributed by atoms with Crippen molar-refractivity contribution in [2.75, 3.05) is 36.8 Å². The molecule has 2 aliphatic rings. The zero-order valence-electron chi connectivity index (χ0n) is 12.4. The first-order valence-corrected chi connectivity index (χ1v) is 8.44. The minimum atomic E-state index is -0.0806. The Hall–Kier alpha value is -1.34. The van der Waals surface area contributed by atoms with Gasteiger partial charge in [0.1, 0.15) is 10.7 Å². The van der Waals surface area contributed by atoms with E-state index in [-0.39, 0.29) is 11.4 Å². The van der Waals surface area contributed by atoms with Crippen LogP contribution in [0.5, 0.6) is 0 Å². The first-order valence-electron chi connectivity index (χ1n) is 7.62. The van der Waals surface area contributed by atoms with E-state index in [4.69, 9.17) is 5.73 Å². The molecule has 116 valence electrons. The van der Waals surface area contributed by atoms with Gasteiger partial charge in [-0.3, -0.25) is 4.79 Å². The molecule has 0 aromatic carbocycles. The summed E-state index contributed by atoms with van der Waals surface area (Å²) in [6, 6.07) is 0. The van der Waals surface area contributed by atoms with Crippen molar-refractivity contribution in [3.05, 3.63) is 4.88 Å². The number of hydrogen-bond donors (Lipinski definition) is 3. The van der Waals surface area contributed by atoms with E-state index >= 15 is 0 Å². The molecule has 0 spiro atoms. The van der Waals surface area contributed by atoms with E-state index in [0.29, 0.717) is 10.7 Å². The fourth-order valence-electron chi connectivity index (χ4n) is 3.09. The molecule has 3 rings (SSSR count).